The summed E-state index contributed by atoms with van der Waals surface area (Å²) in [6.45, 7) is 0.341. The summed E-state index contributed by atoms with van der Waals surface area (Å²) in [5.74, 6) is 0.00929. The van der Waals surface area contributed by atoms with Gasteiger partial charge in [-0.1, -0.05) is 6.42 Å². The van der Waals surface area contributed by atoms with Gasteiger partial charge in [0.2, 0.25) is 5.91 Å². The number of nitrogens with one attached hydrogen (secondary N) is 2. The Labute approximate surface area is 160 Å². The van der Waals surface area contributed by atoms with E-state index in [-0.39, 0.29) is 49.1 Å². The number of anilines is 1. The Morgan fingerprint density at radius 3 is 2.56 bits per heavy atom. The monoisotopic (exact) mass is 410 g/mol. The van der Waals surface area contributed by atoms with Crippen molar-refractivity contribution < 1.29 is 22.9 Å². The zero-order valence-corrected chi connectivity index (χ0v) is 15.2. The van der Waals surface area contributed by atoms with Gasteiger partial charge in [0.1, 0.15) is 5.69 Å². The molecule has 0 unspecified atom stereocenters. The van der Waals surface area contributed by atoms with Gasteiger partial charge in [0, 0.05) is 31.6 Å². The van der Waals surface area contributed by atoms with Crippen molar-refractivity contribution in [3.05, 3.63) is 33.9 Å². The van der Waals surface area contributed by atoms with Crippen LogP contribution in [0, 0.1) is 16.0 Å². The summed E-state index contributed by atoms with van der Waals surface area (Å²) < 4.78 is 38.0. The molecule has 0 heterocycles. The first-order valence-corrected chi connectivity index (χ1v) is 8.30. The van der Waals surface area contributed by atoms with Crippen LogP contribution in [0.5, 0.6) is 0 Å². The van der Waals surface area contributed by atoms with Gasteiger partial charge in [0.15, 0.2) is 0 Å². The molecule has 2 rings (SSSR count). The van der Waals surface area contributed by atoms with Crippen molar-refractivity contribution in [2.45, 2.75) is 37.9 Å². The summed E-state index contributed by atoms with van der Waals surface area (Å²) in [7, 11) is 0. The van der Waals surface area contributed by atoms with Gasteiger partial charge in [0.05, 0.1) is 10.5 Å². The predicted octanol–water partition coefficient (Wildman–Crippen LogP) is 3.08. The van der Waals surface area contributed by atoms with Crippen molar-refractivity contribution in [3.63, 3.8) is 0 Å². The van der Waals surface area contributed by atoms with Gasteiger partial charge in [0.25, 0.3) is 5.69 Å². The van der Waals surface area contributed by atoms with E-state index in [2.05, 4.69) is 10.6 Å². The second kappa shape index (κ2) is 9.75. The van der Waals surface area contributed by atoms with E-state index in [4.69, 9.17) is 5.73 Å². The van der Waals surface area contributed by atoms with E-state index in [0.717, 1.165) is 31.4 Å². The number of hydrogen-bond donors (Lipinski definition) is 3. The average Bonchev–Trinajstić information content (AvgIpc) is 2.95. The SMILES string of the molecule is Cl.N[C@@H]1CCC[C@H]1CC(=O)NCCNc1ccc(C(F)(F)F)cc1[N+](=O)[O-]. The minimum absolute atomic E-state index is 0. The van der Waals surface area contributed by atoms with Crippen LogP contribution in [0.15, 0.2) is 18.2 Å². The number of hydrogen-bond acceptors (Lipinski definition) is 5. The van der Waals surface area contributed by atoms with Crippen LogP contribution in [0.1, 0.15) is 31.2 Å². The van der Waals surface area contributed by atoms with Crippen molar-refractivity contribution in [1.82, 2.24) is 5.32 Å². The van der Waals surface area contributed by atoms with Crippen LogP contribution in [0.4, 0.5) is 24.5 Å². The number of carbonyl (C=O) groups excluding carboxylic acids is 1. The Balaban J connectivity index is 0.00000364. The fourth-order valence-corrected chi connectivity index (χ4v) is 3.04. The molecular formula is C16H22ClF3N4O3. The van der Waals surface area contributed by atoms with Crippen molar-refractivity contribution >= 4 is 29.7 Å². The number of amides is 1. The molecule has 2 atom stereocenters. The highest BCUT2D eigenvalue weighted by Gasteiger charge is 2.33. The molecule has 4 N–H and O–H groups in total. The number of rotatable bonds is 7. The molecule has 0 saturated heterocycles. The first kappa shape index (κ1) is 23.0. The third-order valence-corrected chi connectivity index (χ3v) is 4.45. The molecule has 1 fully saturated rings. The Bertz CT molecular complexity index is 673. The fourth-order valence-electron chi connectivity index (χ4n) is 3.04. The van der Waals surface area contributed by atoms with Gasteiger partial charge < -0.3 is 16.4 Å². The largest absolute Gasteiger partial charge is 0.416 e. The van der Waals surface area contributed by atoms with Gasteiger partial charge in [-0.3, -0.25) is 14.9 Å². The summed E-state index contributed by atoms with van der Waals surface area (Å²) >= 11 is 0. The number of nitro groups is 1. The summed E-state index contributed by atoms with van der Waals surface area (Å²) in [4.78, 5) is 22.0. The molecule has 0 radical (unpaired) electrons. The first-order chi connectivity index (χ1) is 12.2. The second-order valence-electron chi connectivity index (χ2n) is 6.32. The van der Waals surface area contributed by atoms with E-state index in [1.165, 1.54) is 0 Å². The molecule has 11 heteroatoms. The van der Waals surface area contributed by atoms with Gasteiger partial charge in [-0.25, -0.2) is 0 Å². The zero-order valence-electron chi connectivity index (χ0n) is 14.4. The predicted molar refractivity (Wildman–Crippen MR) is 96.8 cm³/mol. The minimum atomic E-state index is -4.65. The number of benzene rings is 1. The molecule has 0 aliphatic heterocycles. The molecule has 1 aliphatic rings. The van der Waals surface area contributed by atoms with Gasteiger partial charge in [-0.2, -0.15) is 13.2 Å². The third-order valence-electron chi connectivity index (χ3n) is 4.45. The maximum Gasteiger partial charge on any atom is 0.416 e. The Morgan fingerprint density at radius 1 is 1.30 bits per heavy atom. The van der Waals surface area contributed by atoms with Crippen molar-refractivity contribution in [2.75, 3.05) is 18.4 Å². The van der Waals surface area contributed by atoms with E-state index in [1.54, 1.807) is 0 Å². The van der Waals surface area contributed by atoms with Crippen LogP contribution >= 0.6 is 12.4 Å². The number of halogens is 4. The average molecular weight is 411 g/mol. The smallest absolute Gasteiger partial charge is 0.378 e. The van der Waals surface area contributed by atoms with Crippen LogP contribution in [0.3, 0.4) is 0 Å². The lowest BCUT2D eigenvalue weighted by atomic mass is 10.00. The summed E-state index contributed by atoms with van der Waals surface area (Å²) in [5, 5.41) is 16.3. The zero-order chi connectivity index (χ0) is 19.3. The Morgan fingerprint density at radius 2 is 2.00 bits per heavy atom. The molecule has 1 saturated carbocycles. The van der Waals surface area contributed by atoms with E-state index >= 15 is 0 Å². The molecular weight excluding hydrogens is 389 g/mol. The lowest BCUT2D eigenvalue weighted by Gasteiger charge is -2.15. The summed E-state index contributed by atoms with van der Waals surface area (Å²) in [5.41, 5.74) is 4.13. The van der Waals surface area contributed by atoms with Crippen molar-refractivity contribution in [2.24, 2.45) is 11.7 Å². The molecule has 0 spiro atoms. The summed E-state index contributed by atoms with van der Waals surface area (Å²) in [6, 6.07) is 2.31. The second-order valence-corrected chi connectivity index (χ2v) is 6.32. The van der Waals surface area contributed by atoms with Gasteiger partial charge >= 0.3 is 6.18 Å². The lowest BCUT2D eigenvalue weighted by Crippen LogP contribution is -2.33. The van der Waals surface area contributed by atoms with Crippen LogP contribution in [0.2, 0.25) is 0 Å². The van der Waals surface area contributed by atoms with Crippen LogP contribution in [0.25, 0.3) is 0 Å². The minimum Gasteiger partial charge on any atom is -0.378 e. The topological polar surface area (TPSA) is 110 Å². The Hall–Kier alpha value is -2.07. The standard InChI is InChI=1S/C16H21F3N4O3.ClH/c17-16(18,19)11-4-5-13(14(9-11)23(25)26)21-6-7-22-15(24)8-10-2-1-3-12(10)20;/h4-5,9-10,12,21H,1-3,6-8,20H2,(H,22,24);1H/t10-,12+;/m0./s1. The molecule has 1 aliphatic carbocycles. The van der Waals surface area contributed by atoms with Gasteiger partial charge in [-0.05, 0) is 30.9 Å². The number of nitrogens with zero attached hydrogens (tertiary/aromatic N) is 1. The molecule has 1 aromatic carbocycles. The molecule has 0 aromatic heterocycles. The fraction of sp³-hybridized carbons (Fsp3) is 0.562. The number of carbonyl (C=O) groups is 1. The highest BCUT2D eigenvalue weighted by molar-refractivity contribution is 5.85. The number of nitrogens with two attached hydrogens (primary N) is 1. The quantitative estimate of drug-likeness (QED) is 0.363. The number of alkyl halides is 3. The molecule has 1 amide bonds. The normalized spacial score (nSPS) is 19.3. The van der Waals surface area contributed by atoms with E-state index in [0.29, 0.717) is 12.5 Å². The maximum absolute atomic E-state index is 12.7. The highest BCUT2D eigenvalue weighted by Crippen LogP contribution is 2.34. The van der Waals surface area contributed by atoms with E-state index in [9.17, 15) is 28.1 Å². The van der Waals surface area contributed by atoms with E-state index < -0.39 is 22.4 Å². The van der Waals surface area contributed by atoms with E-state index in [1.807, 2.05) is 0 Å². The van der Waals surface area contributed by atoms with Crippen LogP contribution in [-0.4, -0.2) is 30.0 Å². The molecule has 152 valence electrons. The maximum atomic E-state index is 12.7. The number of nitro benzene ring substituents is 1. The van der Waals surface area contributed by atoms with Crippen molar-refractivity contribution in [1.29, 1.82) is 0 Å². The lowest BCUT2D eigenvalue weighted by molar-refractivity contribution is -0.384. The Kier molecular flexibility index (Phi) is 8.29. The van der Waals surface area contributed by atoms with Gasteiger partial charge in [-0.15, -0.1) is 12.4 Å². The van der Waals surface area contributed by atoms with Crippen molar-refractivity contribution in [3.8, 4) is 0 Å². The third kappa shape index (κ3) is 6.55. The highest BCUT2D eigenvalue weighted by atomic mass is 35.5. The summed E-state index contributed by atoms with van der Waals surface area (Å²) in [6.07, 6.45) is -1.47. The van der Waals surface area contributed by atoms with Crippen LogP contribution < -0.4 is 16.4 Å². The molecule has 1 aromatic rings. The van der Waals surface area contributed by atoms with Crippen LogP contribution in [-0.2, 0) is 11.0 Å². The first-order valence-electron chi connectivity index (χ1n) is 8.30. The molecule has 0 bridgehead atoms. The molecule has 7 nitrogen and oxygen atoms in total. The molecule has 27 heavy (non-hydrogen) atoms.